The van der Waals surface area contributed by atoms with E-state index in [0.717, 1.165) is 11.4 Å². The lowest BCUT2D eigenvalue weighted by Crippen LogP contribution is -2.19. The number of hydrogen-bond acceptors (Lipinski definition) is 3. The molecule has 20 heavy (non-hydrogen) atoms. The van der Waals surface area contributed by atoms with E-state index in [4.69, 9.17) is 11.6 Å². The third-order valence-corrected chi connectivity index (χ3v) is 3.71. The maximum Gasteiger partial charge on any atom is 0.116 e. The quantitative estimate of drug-likeness (QED) is 0.824. The van der Waals surface area contributed by atoms with Crippen LogP contribution in [0.2, 0.25) is 5.02 Å². The normalized spacial score (nSPS) is 20.8. The molecular weight excluding hydrogens is 270 g/mol. The summed E-state index contributed by atoms with van der Waals surface area (Å²) in [5.74, 6) is 0. The van der Waals surface area contributed by atoms with Crippen LogP contribution in [0.3, 0.4) is 0 Å². The number of nitrogens with one attached hydrogen (secondary N) is 2. The van der Waals surface area contributed by atoms with Gasteiger partial charge in [0.2, 0.25) is 0 Å². The van der Waals surface area contributed by atoms with Gasteiger partial charge >= 0.3 is 0 Å². The Morgan fingerprint density at radius 3 is 2.60 bits per heavy atom. The number of nitriles is 1. The monoisotopic (exact) mass is 283 g/mol. The number of benzene rings is 2. The lowest BCUT2D eigenvalue weighted by atomic mass is 10.0. The summed E-state index contributed by atoms with van der Waals surface area (Å²) < 4.78 is 0. The van der Waals surface area contributed by atoms with Gasteiger partial charge in [0.15, 0.2) is 0 Å². The molecule has 3 nitrogen and oxygen atoms in total. The van der Waals surface area contributed by atoms with Gasteiger partial charge in [-0.3, -0.25) is 0 Å². The van der Waals surface area contributed by atoms with Crippen LogP contribution in [-0.4, -0.2) is 6.04 Å². The zero-order chi connectivity index (χ0) is 13.9. The van der Waals surface area contributed by atoms with E-state index < -0.39 is 0 Å². The van der Waals surface area contributed by atoms with Crippen LogP contribution >= 0.6 is 11.6 Å². The maximum atomic E-state index is 9.29. The van der Waals surface area contributed by atoms with Crippen LogP contribution in [0.5, 0.6) is 0 Å². The van der Waals surface area contributed by atoms with Gasteiger partial charge in [-0.2, -0.15) is 5.26 Å². The predicted molar refractivity (Wildman–Crippen MR) is 81.9 cm³/mol. The average molecular weight is 284 g/mol. The molecule has 1 aliphatic heterocycles. The first-order valence-electron chi connectivity index (χ1n) is 6.53. The molecule has 1 aliphatic rings. The molecule has 2 aromatic carbocycles. The highest BCUT2D eigenvalue weighted by Gasteiger charge is 2.23. The fraction of sp³-hybridized carbons (Fsp3) is 0.188. The summed E-state index contributed by atoms with van der Waals surface area (Å²) in [6, 6.07) is 18.0. The third kappa shape index (κ3) is 2.56. The van der Waals surface area contributed by atoms with E-state index in [9.17, 15) is 5.26 Å². The van der Waals surface area contributed by atoms with Gasteiger partial charge in [0.1, 0.15) is 6.04 Å². The number of anilines is 2. The van der Waals surface area contributed by atoms with Gasteiger partial charge in [0.05, 0.1) is 23.5 Å². The van der Waals surface area contributed by atoms with Crippen molar-refractivity contribution in [1.82, 2.24) is 0 Å². The standard InChI is InChI=1S/C16H14ClN3/c17-12-6-7-14-16(8-12)20-15(9-13(10-18)19-14)11-4-2-1-3-5-11/h1-8,13,15,19-20H,9H2/t13-,15+/m0/s1. The number of halogens is 1. The van der Waals surface area contributed by atoms with Gasteiger partial charge in [0, 0.05) is 11.4 Å². The molecule has 0 amide bonds. The van der Waals surface area contributed by atoms with E-state index in [2.05, 4.69) is 28.8 Å². The first-order valence-corrected chi connectivity index (χ1v) is 6.91. The summed E-state index contributed by atoms with van der Waals surface area (Å²) in [6.07, 6.45) is 0.701. The van der Waals surface area contributed by atoms with Crippen LogP contribution in [0.25, 0.3) is 0 Å². The summed E-state index contributed by atoms with van der Waals surface area (Å²) >= 11 is 6.06. The Hall–Kier alpha value is -2.18. The van der Waals surface area contributed by atoms with E-state index in [-0.39, 0.29) is 12.1 Å². The van der Waals surface area contributed by atoms with Crippen molar-refractivity contribution < 1.29 is 0 Å². The van der Waals surface area contributed by atoms with Crippen LogP contribution in [0.15, 0.2) is 48.5 Å². The molecule has 0 fully saturated rings. The molecule has 1 heterocycles. The second kappa shape index (κ2) is 5.44. The van der Waals surface area contributed by atoms with Crippen molar-refractivity contribution in [3.8, 4) is 6.07 Å². The molecule has 2 atom stereocenters. The summed E-state index contributed by atoms with van der Waals surface area (Å²) in [7, 11) is 0. The highest BCUT2D eigenvalue weighted by atomic mass is 35.5. The zero-order valence-corrected chi connectivity index (χ0v) is 11.6. The first kappa shape index (κ1) is 12.8. The molecule has 0 unspecified atom stereocenters. The number of nitrogens with zero attached hydrogens (tertiary/aromatic N) is 1. The van der Waals surface area contributed by atoms with Crippen LogP contribution in [0.1, 0.15) is 18.0 Å². The molecule has 2 N–H and O–H groups in total. The average Bonchev–Trinajstić information content (AvgIpc) is 2.67. The van der Waals surface area contributed by atoms with Crippen molar-refractivity contribution in [3.05, 3.63) is 59.1 Å². The van der Waals surface area contributed by atoms with Gasteiger partial charge in [-0.1, -0.05) is 41.9 Å². The van der Waals surface area contributed by atoms with Crippen LogP contribution in [0.4, 0.5) is 11.4 Å². The Morgan fingerprint density at radius 2 is 1.85 bits per heavy atom. The lowest BCUT2D eigenvalue weighted by molar-refractivity contribution is 0.675. The number of hydrogen-bond donors (Lipinski definition) is 2. The zero-order valence-electron chi connectivity index (χ0n) is 10.8. The van der Waals surface area contributed by atoms with Crippen molar-refractivity contribution in [2.45, 2.75) is 18.5 Å². The molecule has 0 radical (unpaired) electrons. The van der Waals surface area contributed by atoms with Gasteiger partial charge < -0.3 is 10.6 Å². The van der Waals surface area contributed by atoms with E-state index in [1.807, 2.05) is 36.4 Å². The maximum absolute atomic E-state index is 9.29. The van der Waals surface area contributed by atoms with Crippen molar-refractivity contribution in [3.63, 3.8) is 0 Å². The van der Waals surface area contributed by atoms with Crippen LogP contribution in [0, 0.1) is 11.3 Å². The smallest absolute Gasteiger partial charge is 0.116 e. The molecule has 0 bridgehead atoms. The molecule has 0 aliphatic carbocycles. The third-order valence-electron chi connectivity index (χ3n) is 3.47. The van der Waals surface area contributed by atoms with Gasteiger partial charge in [-0.25, -0.2) is 0 Å². The van der Waals surface area contributed by atoms with Crippen molar-refractivity contribution in [2.75, 3.05) is 10.6 Å². The first-order chi connectivity index (χ1) is 9.76. The van der Waals surface area contributed by atoms with Gasteiger partial charge in [-0.15, -0.1) is 0 Å². The highest BCUT2D eigenvalue weighted by molar-refractivity contribution is 6.31. The summed E-state index contributed by atoms with van der Waals surface area (Å²) in [5, 5.41) is 16.7. The van der Waals surface area contributed by atoms with E-state index in [0.29, 0.717) is 11.4 Å². The van der Waals surface area contributed by atoms with Crippen molar-refractivity contribution in [2.24, 2.45) is 0 Å². The molecule has 0 saturated heterocycles. The molecule has 0 aromatic heterocycles. The summed E-state index contributed by atoms with van der Waals surface area (Å²) in [5.41, 5.74) is 3.02. The Bertz CT molecular complexity index is 649. The van der Waals surface area contributed by atoms with Crippen LogP contribution < -0.4 is 10.6 Å². The van der Waals surface area contributed by atoms with Gasteiger partial charge in [-0.05, 0) is 23.8 Å². The Labute approximate surface area is 123 Å². The fourth-order valence-electron chi connectivity index (χ4n) is 2.48. The molecule has 0 saturated carbocycles. The van der Waals surface area contributed by atoms with Crippen molar-refractivity contribution in [1.29, 1.82) is 5.26 Å². The highest BCUT2D eigenvalue weighted by Crippen LogP contribution is 2.35. The molecule has 4 heteroatoms. The predicted octanol–water partition coefficient (Wildman–Crippen LogP) is 4.20. The fourth-order valence-corrected chi connectivity index (χ4v) is 2.65. The molecule has 3 rings (SSSR count). The summed E-state index contributed by atoms with van der Waals surface area (Å²) in [4.78, 5) is 0. The van der Waals surface area contributed by atoms with E-state index >= 15 is 0 Å². The molecular formula is C16H14ClN3. The largest absolute Gasteiger partial charge is 0.376 e. The molecule has 2 aromatic rings. The molecule has 100 valence electrons. The minimum atomic E-state index is -0.227. The Morgan fingerprint density at radius 1 is 1.05 bits per heavy atom. The topological polar surface area (TPSA) is 47.9 Å². The number of rotatable bonds is 1. The molecule has 0 spiro atoms. The van der Waals surface area contributed by atoms with E-state index in [1.165, 1.54) is 5.56 Å². The van der Waals surface area contributed by atoms with E-state index in [1.54, 1.807) is 0 Å². The Kier molecular flexibility index (Phi) is 3.49. The second-order valence-corrected chi connectivity index (χ2v) is 5.30. The lowest BCUT2D eigenvalue weighted by Gasteiger charge is -2.18. The second-order valence-electron chi connectivity index (χ2n) is 4.86. The number of fused-ring (bicyclic) bond motifs is 1. The van der Waals surface area contributed by atoms with Gasteiger partial charge in [0.25, 0.3) is 0 Å². The Balaban J connectivity index is 2.00. The van der Waals surface area contributed by atoms with Crippen LogP contribution in [-0.2, 0) is 0 Å². The minimum absolute atomic E-state index is 0.0908. The van der Waals surface area contributed by atoms with Crippen molar-refractivity contribution >= 4 is 23.0 Å². The summed E-state index contributed by atoms with van der Waals surface area (Å²) in [6.45, 7) is 0. The minimum Gasteiger partial charge on any atom is -0.376 e. The SMILES string of the molecule is N#C[C@@H]1C[C@H](c2ccccc2)Nc2cc(Cl)ccc2N1.